The maximum atomic E-state index is 8.95. The van der Waals surface area contributed by atoms with Crippen molar-refractivity contribution in [2.75, 3.05) is 0 Å². The first-order chi connectivity index (χ1) is 7.11. The van der Waals surface area contributed by atoms with E-state index in [-0.39, 0.29) is 0 Å². The Bertz CT molecular complexity index is 284. The summed E-state index contributed by atoms with van der Waals surface area (Å²) in [4.78, 5) is 0. The van der Waals surface area contributed by atoms with Crippen LogP contribution in [0.5, 0.6) is 0 Å². The Hall–Kier alpha value is -1.42. The van der Waals surface area contributed by atoms with Gasteiger partial charge in [0.05, 0.1) is 12.1 Å². The molecule has 82 valence electrons. The summed E-state index contributed by atoms with van der Waals surface area (Å²) in [7, 11) is 0. The second kappa shape index (κ2) is 6.95. The van der Waals surface area contributed by atoms with Gasteiger partial charge in [0, 0.05) is 0 Å². The minimum absolute atomic E-state index is 0.403. The number of nitriles is 2. The Morgan fingerprint density at radius 1 is 1.27 bits per heavy atom. The van der Waals surface area contributed by atoms with Crippen molar-refractivity contribution >= 4 is 0 Å². The highest BCUT2D eigenvalue weighted by Crippen LogP contribution is 2.18. The summed E-state index contributed by atoms with van der Waals surface area (Å²) in [5.41, 5.74) is -0.766. The normalized spacial score (nSPS) is 16.6. The molecular weight excluding hydrogens is 188 g/mol. The molecule has 0 saturated heterocycles. The predicted molar refractivity (Wildman–Crippen MR) is 58.1 cm³/mol. The van der Waals surface area contributed by atoms with Crippen LogP contribution < -0.4 is 0 Å². The van der Waals surface area contributed by atoms with Gasteiger partial charge in [-0.2, -0.15) is 20.8 Å². The van der Waals surface area contributed by atoms with Crippen molar-refractivity contribution in [3.05, 3.63) is 0 Å². The highest BCUT2D eigenvalue weighted by atomic mass is 15.2. The van der Waals surface area contributed by atoms with Gasteiger partial charge in [0.15, 0.2) is 11.6 Å². The molecule has 0 aliphatic rings. The first kappa shape index (κ1) is 13.6. The van der Waals surface area contributed by atoms with E-state index in [4.69, 9.17) is 10.5 Å². The van der Waals surface area contributed by atoms with Gasteiger partial charge in [-0.3, -0.25) is 0 Å². The summed E-state index contributed by atoms with van der Waals surface area (Å²) in [5.74, 6) is 0. The lowest BCUT2D eigenvalue weighted by molar-refractivity contribution is 0.495. The summed E-state index contributed by atoms with van der Waals surface area (Å²) in [5, 5.41) is 25.6. The van der Waals surface area contributed by atoms with Crippen LogP contribution in [-0.2, 0) is 0 Å². The van der Waals surface area contributed by atoms with E-state index in [1.807, 2.05) is 13.8 Å². The summed E-state index contributed by atoms with van der Waals surface area (Å²) >= 11 is 0. The molecule has 0 amide bonds. The summed E-state index contributed by atoms with van der Waals surface area (Å²) in [6.45, 7) is 5.74. The van der Waals surface area contributed by atoms with E-state index in [1.165, 1.54) is 0 Å². The maximum Gasteiger partial charge on any atom is 0.164 e. The Labute approximate surface area is 91.6 Å². The van der Waals surface area contributed by atoms with Gasteiger partial charge >= 0.3 is 0 Å². The molecule has 0 fully saturated rings. The van der Waals surface area contributed by atoms with Gasteiger partial charge in [-0.25, -0.2) is 0 Å². The first-order valence-electron chi connectivity index (χ1n) is 5.34. The minimum Gasteiger partial charge on any atom is -0.196 e. The lowest BCUT2D eigenvalue weighted by atomic mass is 10.00. The monoisotopic (exact) mass is 206 g/mol. The maximum absolute atomic E-state index is 8.95. The van der Waals surface area contributed by atoms with E-state index < -0.39 is 11.6 Å². The summed E-state index contributed by atoms with van der Waals surface area (Å²) in [6, 6.07) is 3.80. The molecule has 0 aliphatic carbocycles. The fourth-order valence-corrected chi connectivity index (χ4v) is 1.23. The Balaban J connectivity index is 4.47. The summed E-state index contributed by atoms with van der Waals surface area (Å²) in [6.07, 6.45) is 3.16. The lowest BCUT2D eigenvalue weighted by Crippen LogP contribution is -2.18. The number of hydrogen-bond acceptors (Lipinski definition) is 4. The highest BCUT2D eigenvalue weighted by molar-refractivity contribution is 5.03. The molecule has 0 aromatic rings. The van der Waals surface area contributed by atoms with E-state index in [0.717, 1.165) is 12.8 Å². The van der Waals surface area contributed by atoms with Gasteiger partial charge < -0.3 is 0 Å². The second-order valence-electron chi connectivity index (χ2n) is 3.78. The van der Waals surface area contributed by atoms with Crippen molar-refractivity contribution in [1.82, 2.24) is 0 Å². The molecule has 2 unspecified atom stereocenters. The van der Waals surface area contributed by atoms with Gasteiger partial charge in [0.2, 0.25) is 0 Å². The molecule has 0 N–H and O–H groups in total. The van der Waals surface area contributed by atoms with Crippen LogP contribution in [0.1, 0.15) is 46.5 Å². The molecule has 0 rings (SSSR count). The summed E-state index contributed by atoms with van der Waals surface area (Å²) < 4.78 is 0. The van der Waals surface area contributed by atoms with E-state index in [0.29, 0.717) is 12.8 Å². The van der Waals surface area contributed by atoms with Crippen LogP contribution >= 0.6 is 0 Å². The molecule has 2 atom stereocenters. The van der Waals surface area contributed by atoms with Crippen molar-refractivity contribution < 1.29 is 0 Å². The Kier molecular flexibility index (Phi) is 6.29. The quantitative estimate of drug-likeness (QED) is 0.626. The molecule has 0 radical (unpaired) electrons. The van der Waals surface area contributed by atoms with Gasteiger partial charge in [-0.1, -0.05) is 26.7 Å². The smallest absolute Gasteiger partial charge is 0.164 e. The fourth-order valence-electron chi connectivity index (χ4n) is 1.23. The SMILES string of the molecule is CCCC(C#N)/N=N/C(C)(C#N)CCC. The van der Waals surface area contributed by atoms with Crippen LogP contribution in [0.2, 0.25) is 0 Å². The number of azo groups is 1. The molecule has 0 spiro atoms. The average molecular weight is 206 g/mol. The molecule has 15 heavy (non-hydrogen) atoms. The number of rotatable bonds is 6. The lowest BCUT2D eigenvalue weighted by Gasteiger charge is -2.13. The van der Waals surface area contributed by atoms with Crippen LogP contribution in [-0.4, -0.2) is 11.6 Å². The van der Waals surface area contributed by atoms with Crippen molar-refractivity contribution in [1.29, 1.82) is 10.5 Å². The molecule has 0 saturated carbocycles. The standard InChI is InChI=1S/C11H18N4/c1-4-6-10(8-12)14-15-11(3,9-13)7-5-2/h10H,4-7H2,1-3H3/b15-14+. The second-order valence-corrected chi connectivity index (χ2v) is 3.78. The van der Waals surface area contributed by atoms with Gasteiger partial charge in [-0.05, 0) is 19.8 Å². The fraction of sp³-hybridized carbons (Fsp3) is 0.818. The molecule has 0 aliphatic heterocycles. The van der Waals surface area contributed by atoms with Crippen molar-refractivity contribution in [2.45, 2.75) is 58.0 Å². The van der Waals surface area contributed by atoms with Gasteiger partial charge in [0.25, 0.3) is 0 Å². The van der Waals surface area contributed by atoms with E-state index in [2.05, 4.69) is 22.4 Å². The number of nitrogens with zero attached hydrogens (tertiary/aromatic N) is 4. The zero-order valence-electron chi connectivity index (χ0n) is 9.69. The zero-order chi connectivity index (χ0) is 11.7. The van der Waals surface area contributed by atoms with Crippen LogP contribution in [0.15, 0.2) is 10.2 Å². The Morgan fingerprint density at radius 2 is 1.93 bits per heavy atom. The van der Waals surface area contributed by atoms with E-state index >= 15 is 0 Å². The van der Waals surface area contributed by atoms with Crippen LogP contribution in [0.25, 0.3) is 0 Å². The van der Waals surface area contributed by atoms with Gasteiger partial charge in [0.1, 0.15) is 0 Å². The Morgan fingerprint density at radius 3 is 2.33 bits per heavy atom. The third-order valence-corrected chi connectivity index (χ3v) is 2.11. The topological polar surface area (TPSA) is 72.3 Å². The van der Waals surface area contributed by atoms with Crippen molar-refractivity contribution in [3.8, 4) is 12.1 Å². The molecule has 4 heteroatoms. The predicted octanol–water partition coefficient (Wildman–Crippen LogP) is 3.21. The zero-order valence-corrected chi connectivity index (χ0v) is 9.69. The molecule has 0 heterocycles. The van der Waals surface area contributed by atoms with Crippen molar-refractivity contribution in [2.24, 2.45) is 10.2 Å². The molecule has 4 nitrogen and oxygen atoms in total. The largest absolute Gasteiger partial charge is 0.196 e. The molecule has 0 aromatic carbocycles. The average Bonchev–Trinajstić information content (AvgIpc) is 2.24. The number of hydrogen-bond donors (Lipinski definition) is 0. The third-order valence-electron chi connectivity index (χ3n) is 2.11. The minimum atomic E-state index is -0.766. The van der Waals surface area contributed by atoms with E-state index in [9.17, 15) is 0 Å². The molecular formula is C11H18N4. The first-order valence-corrected chi connectivity index (χ1v) is 5.34. The van der Waals surface area contributed by atoms with Crippen molar-refractivity contribution in [3.63, 3.8) is 0 Å². The highest BCUT2D eigenvalue weighted by Gasteiger charge is 2.22. The van der Waals surface area contributed by atoms with Crippen LogP contribution in [0, 0.1) is 22.7 Å². The molecule has 0 bridgehead atoms. The van der Waals surface area contributed by atoms with Crippen LogP contribution in [0.4, 0.5) is 0 Å². The third kappa shape index (κ3) is 5.12. The van der Waals surface area contributed by atoms with Gasteiger partial charge in [-0.15, -0.1) is 0 Å². The molecule has 0 aromatic heterocycles. The van der Waals surface area contributed by atoms with Crippen LogP contribution in [0.3, 0.4) is 0 Å². The van der Waals surface area contributed by atoms with E-state index in [1.54, 1.807) is 6.92 Å².